The van der Waals surface area contributed by atoms with E-state index in [2.05, 4.69) is 4.74 Å². The molecule has 0 aliphatic heterocycles. The van der Waals surface area contributed by atoms with Gasteiger partial charge in [-0.25, -0.2) is 0 Å². The Labute approximate surface area is 124 Å². The predicted molar refractivity (Wildman–Crippen MR) is 77.3 cm³/mol. The molecule has 2 rings (SSSR count). The van der Waals surface area contributed by atoms with Crippen molar-refractivity contribution in [2.45, 2.75) is 6.61 Å². The Morgan fingerprint density at radius 3 is 2.71 bits per heavy atom. The standard InChI is InChI=1S/C15H12F2O3S/c1-19-14-8-11(3-5-13(14)20-15(16)17)12(18)4-2-10-6-7-21-9-10/h2-9,15H,1H3/b4-2+. The first-order valence-corrected chi connectivity index (χ1v) is 6.92. The molecular weight excluding hydrogens is 298 g/mol. The van der Waals surface area contributed by atoms with Gasteiger partial charge in [-0.05, 0) is 46.7 Å². The molecule has 0 fully saturated rings. The molecule has 3 nitrogen and oxygen atoms in total. The predicted octanol–water partition coefficient (Wildman–Crippen LogP) is 4.25. The lowest BCUT2D eigenvalue weighted by molar-refractivity contribution is -0.0512. The number of benzene rings is 1. The van der Waals surface area contributed by atoms with Crippen LogP contribution in [-0.4, -0.2) is 19.5 Å². The Morgan fingerprint density at radius 1 is 1.29 bits per heavy atom. The second-order valence-corrected chi connectivity index (χ2v) is 4.78. The number of thiophene rings is 1. The zero-order valence-corrected chi connectivity index (χ0v) is 11.9. The average Bonchev–Trinajstić information content (AvgIpc) is 2.98. The van der Waals surface area contributed by atoms with Crippen LogP contribution in [0.15, 0.2) is 41.1 Å². The molecule has 2 aromatic rings. The Bertz CT molecular complexity index is 636. The minimum absolute atomic E-state index is 0.0880. The summed E-state index contributed by atoms with van der Waals surface area (Å²) in [6, 6.07) is 5.96. The molecule has 0 bridgehead atoms. The van der Waals surface area contributed by atoms with E-state index < -0.39 is 6.61 Å². The summed E-state index contributed by atoms with van der Waals surface area (Å²) in [5.41, 5.74) is 1.26. The lowest BCUT2D eigenvalue weighted by Gasteiger charge is -2.10. The summed E-state index contributed by atoms with van der Waals surface area (Å²) in [5.74, 6) is -0.265. The molecule has 0 saturated carbocycles. The van der Waals surface area contributed by atoms with Gasteiger partial charge in [-0.2, -0.15) is 20.1 Å². The van der Waals surface area contributed by atoms with Crippen molar-refractivity contribution in [2.24, 2.45) is 0 Å². The fourth-order valence-corrected chi connectivity index (χ4v) is 2.28. The first kappa shape index (κ1) is 15.2. The van der Waals surface area contributed by atoms with Gasteiger partial charge >= 0.3 is 6.61 Å². The smallest absolute Gasteiger partial charge is 0.387 e. The number of alkyl halides is 2. The summed E-state index contributed by atoms with van der Waals surface area (Å²) in [5, 5.41) is 3.81. The van der Waals surface area contributed by atoms with E-state index in [1.165, 1.54) is 42.7 Å². The number of halogens is 2. The van der Waals surface area contributed by atoms with Crippen molar-refractivity contribution in [3.63, 3.8) is 0 Å². The van der Waals surface area contributed by atoms with Crippen LogP contribution in [0.4, 0.5) is 8.78 Å². The van der Waals surface area contributed by atoms with Crippen LogP contribution in [0.2, 0.25) is 0 Å². The Morgan fingerprint density at radius 2 is 2.10 bits per heavy atom. The molecule has 6 heteroatoms. The van der Waals surface area contributed by atoms with E-state index in [0.717, 1.165) is 5.56 Å². The fraction of sp³-hybridized carbons (Fsp3) is 0.133. The van der Waals surface area contributed by atoms with E-state index >= 15 is 0 Å². The normalized spacial score (nSPS) is 11.0. The lowest BCUT2D eigenvalue weighted by Crippen LogP contribution is -2.04. The minimum Gasteiger partial charge on any atom is -0.493 e. The first-order chi connectivity index (χ1) is 10.1. The summed E-state index contributed by atoms with van der Waals surface area (Å²) < 4.78 is 33.7. The van der Waals surface area contributed by atoms with Gasteiger partial charge in [-0.15, -0.1) is 0 Å². The SMILES string of the molecule is COc1cc(C(=O)/C=C/c2ccsc2)ccc1OC(F)F. The molecule has 1 heterocycles. The highest BCUT2D eigenvalue weighted by molar-refractivity contribution is 7.08. The molecule has 0 unspecified atom stereocenters. The number of carbonyl (C=O) groups is 1. The van der Waals surface area contributed by atoms with Gasteiger partial charge in [0.25, 0.3) is 0 Å². The van der Waals surface area contributed by atoms with Crippen LogP contribution in [-0.2, 0) is 0 Å². The molecular formula is C15H12F2O3S. The number of allylic oxidation sites excluding steroid dienone is 1. The number of rotatable bonds is 6. The molecule has 0 saturated heterocycles. The second kappa shape index (κ2) is 6.99. The van der Waals surface area contributed by atoms with Crippen molar-refractivity contribution < 1.29 is 23.0 Å². The summed E-state index contributed by atoms with van der Waals surface area (Å²) in [6.45, 7) is -2.95. The lowest BCUT2D eigenvalue weighted by atomic mass is 10.1. The zero-order valence-electron chi connectivity index (χ0n) is 11.1. The Balaban J connectivity index is 2.18. The van der Waals surface area contributed by atoms with Gasteiger partial charge in [0, 0.05) is 5.56 Å². The quantitative estimate of drug-likeness (QED) is 0.591. The third kappa shape index (κ3) is 4.13. The minimum atomic E-state index is -2.95. The van der Waals surface area contributed by atoms with Gasteiger partial charge in [-0.1, -0.05) is 6.08 Å². The molecule has 1 aromatic carbocycles. The molecule has 110 valence electrons. The van der Waals surface area contributed by atoms with E-state index in [-0.39, 0.29) is 17.3 Å². The van der Waals surface area contributed by atoms with E-state index in [1.807, 2.05) is 16.8 Å². The van der Waals surface area contributed by atoms with Gasteiger partial charge in [0.05, 0.1) is 7.11 Å². The van der Waals surface area contributed by atoms with E-state index in [4.69, 9.17) is 4.74 Å². The number of carbonyl (C=O) groups excluding carboxylic acids is 1. The molecule has 0 atom stereocenters. The maximum absolute atomic E-state index is 12.2. The number of hydrogen-bond donors (Lipinski definition) is 0. The topological polar surface area (TPSA) is 35.5 Å². The summed E-state index contributed by atoms with van der Waals surface area (Å²) in [4.78, 5) is 12.0. The van der Waals surface area contributed by atoms with Crippen molar-refractivity contribution in [3.05, 3.63) is 52.2 Å². The van der Waals surface area contributed by atoms with Crippen LogP contribution in [0.25, 0.3) is 6.08 Å². The van der Waals surface area contributed by atoms with Gasteiger partial charge in [0.15, 0.2) is 17.3 Å². The van der Waals surface area contributed by atoms with E-state index in [0.29, 0.717) is 5.56 Å². The van der Waals surface area contributed by atoms with Crippen molar-refractivity contribution in [1.29, 1.82) is 0 Å². The van der Waals surface area contributed by atoms with Crippen LogP contribution in [0.1, 0.15) is 15.9 Å². The number of ketones is 1. The second-order valence-electron chi connectivity index (χ2n) is 4.00. The summed E-state index contributed by atoms with van der Waals surface area (Å²) in [7, 11) is 1.32. The molecule has 0 amide bonds. The van der Waals surface area contributed by atoms with Crippen molar-refractivity contribution >= 4 is 23.2 Å². The van der Waals surface area contributed by atoms with Gasteiger partial charge in [0.2, 0.25) is 0 Å². The average molecular weight is 310 g/mol. The maximum Gasteiger partial charge on any atom is 0.387 e. The molecule has 21 heavy (non-hydrogen) atoms. The third-order valence-electron chi connectivity index (χ3n) is 2.63. The zero-order chi connectivity index (χ0) is 15.2. The monoisotopic (exact) mass is 310 g/mol. The van der Waals surface area contributed by atoms with Gasteiger partial charge < -0.3 is 9.47 Å². The molecule has 0 aliphatic rings. The van der Waals surface area contributed by atoms with Crippen LogP contribution in [0.5, 0.6) is 11.5 Å². The largest absolute Gasteiger partial charge is 0.493 e. The Hall–Kier alpha value is -2.21. The summed E-state index contributed by atoms with van der Waals surface area (Å²) >= 11 is 1.53. The number of hydrogen-bond acceptors (Lipinski definition) is 4. The van der Waals surface area contributed by atoms with Crippen molar-refractivity contribution in [2.75, 3.05) is 7.11 Å². The molecule has 0 spiro atoms. The van der Waals surface area contributed by atoms with E-state index in [1.54, 1.807) is 6.08 Å². The van der Waals surface area contributed by atoms with Crippen molar-refractivity contribution in [3.8, 4) is 11.5 Å². The van der Waals surface area contributed by atoms with Crippen LogP contribution < -0.4 is 9.47 Å². The maximum atomic E-state index is 12.2. The summed E-state index contributed by atoms with van der Waals surface area (Å²) in [6.07, 6.45) is 3.11. The molecule has 1 aromatic heterocycles. The Kier molecular flexibility index (Phi) is 5.05. The van der Waals surface area contributed by atoms with Gasteiger partial charge in [-0.3, -0.25) is 4.79 Å². The highest BCUT2D eigenvalue weighted by Crippen LogP contribution is 2.29. The third-order valence-corrected chi connectivity index (χ3v) is 3.34. The van der Waals surface area contributed by atoms with Crippen LogP contribution in [0.3, 0.4) is 0 Å². The van der Waals surface area contributed by atoms with Gasteiger partial charge in [0.1, 0.15) is 0 Å². The van der Waals surface area contributed by atoms with E-state index in [9.17, 15) is 13.6 Å². The van der Waals surface area contributed by atoms with Crippen molar-refractivity contribution in [1.82, 2.24) is 0 Å². The highest BCUT2D eigenvalue weighted by atomic mass is 32.1. The molecule has 0 aliphatic carbocycles. The number of methoxy groups -OCH3 is 1. The van der Waals surface area contributed by atoms with Crippen LogP contribution >= 0.6 is 11.3 Å². The highest BCUT2D eigenvalue weighted by Gasteiger charge is 2.13. The van der Waals surface area contributed by atoms with Crippen LogP contribution in [0, 0.1) is 0 Å². The first-order valence-electron chi connectivity index (χ1n) is 5.97. The molecule has 0 N–H and O–H groups in total. The fourth-order valence-electron chi connectivity index (χ4n) is 1.65. The number of ether oxygens (including phenoxy) is 2. The molecule has 0 radical (unpaired) electrons.